The quantitative estimate of drug-likeness (QED) is 0.417. The number of thioether (sulfide) groups is 1. The first kappa shape index (κ1) is 21.9. The summed E-state index contributed by atoms with van der Waals surface area (Å²) >= 11 is 1.31. The van der Waals surface area contributed by atoms with Crippen LogP contribution < -0.4 is 15.0 Å². The predicted molar refractivity (Wildman–Crippen MR) is 124 cm³/mol. The van der Waals surface area contributed by atoms with Crippen LogP contribution in [0.3, 0.4) is 0 Å². The highest BCUT2D eigenvalue weighted by molar-refractivity contribution is 8.15. The zero-order valence-corrected chi connectivity index (χ0v) is 18.6. The average molecular weight is 426 g/mol. The molecule has 0 radical (unpaired) electrons. The van der Waals surface area contributed by atoms with Gasteiger partial charge in [-0.1, -0.05) is 17.8 Å². The Labute approximate surface area is 181 Å². The van der Waals surface area contributed by atoms with Gasteiger partial charge in [0, 0.05) is 18.7 Å². The second-order valence-electron chi connectivity index (χ2n) is 7.01. The maximum absolute atomic E-state index is 13.0. The molecule has 1 saturated heterocycles. The van der Waals surface area contributed by atoms with Gasteiger partial charge < -0.3 is 10.1 Å². The number of anilines is 2. The maximum Gasteiger partial charge on any atom is 0.247 e. The lowest BCUT2D eigenvalue weighted by Gasteiger charge is -2.16. The molecule has 2 aromatic carbocycles. The summed E-state index contributed by atoms with van der Waals surface area (Å²) in [4.78, 5) is 31.3. The number of carbonyl (C=O) groups excluding carboxylic acids is 2. The number of hydrogen-bond donors (Lipinski definition) is 1. The van der Waals surface area contributed by atoms with E-state index < -0.39 is 5.25 Å². The van der Waals surface area contributed by atoms with Gasteiger partial charge in [-0.2, -0.15) is 0 Å². The first-order valence-electron chi connectivity index (χ1n) is 10.1. The van der Waals surface area contributed by atoms with Crippen molar-refractivity contribution in [1.29, 1.82) is 0 Å². The number of benzene rings is 2. The molecule has 6 nitrogen and oxygen atoms in total. The van der Waals surface area contributed by atoms with Crippen molar-refractivity contribution in [2.75, 3.05) is 23.4 Å². The molecule has 1 aliphatic heterocycles. The van der Waals surface area contributed by atoms with Crippen molar-refractivity contribution < 1.29 is 14.3 Å². The molecule has 0 bridgehead atoms. The number of rotatable bonds is 6. The van der Waals surface area contributed by atoms with Crippen LogP contribution >= 0.6 is 11.8 Å². The molecule has 3 rings (SSSR count). The lowest BCUT2D eigenvalue weighted by Crippen LogP contribution is -2.31. The van der Waals surface area contributed by atoms with Crippen LogP contribution in [-0.2, 0) is 9.59 Å². The third kappa shape index (κ3) is 5.02. The van der Waals surface area contributed by atoms with E-state index in [1.54, 1.807) is 24.3 Å². The molecule has 1 atom stereocenters. The average Bonchev–Trinajstić information content (AvgIpc) is 2.99. The highest BCUT2D eigenvalue weighted by Crippen LogP contribution is 2.31. The zero-order chi connectivity index (χ0) is 21.7. The van der Waals surface area contributed by atoms with Crippen molar-refractivity contribution in [3.8, 4) is 5.75 Å². The first-order valence-corrected chi connectivity index (χ1v) is 11.0. The molecule has 1 heterocycles. The van der Waals surface area contributed by atoms with Crippen molar-refractivity contribution in [3.05, 3.63) is 53.6 Å². The third-order valence-corrected chi connectivity index (χ3v) is 5.93. The van der Waals surface area contributed by atoms with Crippen molar-refractivity contribution in [1.82, 2.24) is 0 Å². The van der Waals surface area contributed by atoms with Gasteiger partial charge in [-0.05, 0) is 75.2 Å². The van der Waals surface area contributed by atoms with Gasteiger partial charge >= 0.3 is 0 Å². The number of carbonyl (C=O) groups is 2. The smallest absolute Gasteiger partial charge is 0.247 e. The van der Waals surface area contributed by atoms with Crippen molar-refractivity contribution >= 4 is 40.1 Å². The molecular formula is C23H27N3O3S. The van der Waals surface area contributed by atoms with E-state index in [1.165, 1.54) is 27.8 Å². The van der Waals surface area contributed by atoms with Crippen LogP contribution in [0, 0.1) is 13.8 Å². The minimum atomic E-state index is -0.506. The molecule has 1 aliphatic rings. The molecule has 0 aliphatic carbocycles. The molecule has 0 aromatic heterocycles. The van der Waals surface area contributed by atoms with E-state index in [0.29, 0.717) is 29.8 Å². The fourth-order valence-electron chi connectivity index (χ4n) is 3.15. The molecule has 2 aromatic rings. The van der Waals surface area contributed by atoms with Crippen molar-refractivity contribution in [2.24, 2.45) is 4.99 Å². The van der Waals surface area contributed by atoms with Gasteiger partial charge in [-0.25, -0.2) is 4.90 Å². The van der Waals surface area contributed by atoms with Crippen molar-refractivity contribution in [2.45, 2.75) is 39.4 Å². The summed E-state index contributed by atoms with van der Waals surface area (Å²) in [5.74, 6) is 0.282. The zero-order valence-electron chi connectivity index (χ0n) is 17.8. The molecule has 1 N–H and O–H groups in total. The van der Waals surface area contributed by atoms with Crippen LogP contribution in [0.2, 0.25) is 0 Å². The van der Waals surface area contributed by atoms with Crippen LogP contribution in [0.4, 0.5) is 11.4 Å². The normalized spacial score (nSPS) is 16.9. The van der Waals surface area contributed by atoms with Gasteiger partial charge in [0.05, 0.1) is 12.3 Å². The predicted octanol–water partition coefficient (Wildman–Crippen LogP) is 4.56. The molecule has 0 spiro atoms. The Balaban J connectivity index is 1.73. The number of nitrogens with one attached hydrogen (secondary N) is 1. The summed E-state index contributed by atoms with van der Waals surface area (Å²) in [5, 5.41) is 3.43. The highest BCUT2D eigenvalue weighted by Gasteiger charge is 2.40. The summed E-state index contributed by atoms with van der Waals surface area (Å²) in [6, 6.07) is 13.1. The van der Waals surface area contributed by atoms with Gasteiger partial charge in [0.15, 0.2) is 5.17 Å². The summed E-state index contributed by atoms with van der Waals surface area (Å²) in [5.41, 5.74) is 3.87. The molecule has 2 amide bonds. The van der Waals surface area contributed by atoms with E-state index in [2.05, 4.69) is 30.2 Å². The number of hydrogen-bond acceptors (Lipinski definition) is 5. The second kappa shape index (κ2) is 9.80. The van der Waals surface area contributed by atoms with Gasteiger partial charge in [0.25, 0.3) is 0 Å². The van der Waals surface area contributed by atoms with E-state index in [1.807, 2.05) is 26.0 Å². The molecule has 0 saturated carbocycles. The Morgan fingerprint density at radius 2 is 1.87 bits per heavy atom. The second-order valence-corrected chi connectivity index (χ2v) is 8.20. The minimum absolute atomic E-state index is 0.147. The summed E-state index contributed by atoms with van der Waals surface area (Å²) in [7, 11) is 0. The van der Waals surface area contributed by atoms with Crippen LogP contribution in [0.25, 0.3) is 0 Å². The topological polar surface area (TPSA) is 71.0 Å². The first-order chi connectivity index (χ1) is 14.4. The number of amides is 2. The fourth-order valence-corrected chi connectivity index (χ4v) is 4.23. The van der Waals surface area contributed by atoms with Crippen LogP contribution in [0.15, 0.2) is 47.5 Å². The van der Waals surface area contributed by atoms with Gasteiger partial charge in [0.2, 0.25) is 11.8 Å². The lowest BCUT2D eigenvalue weighted by atomic mass is 10.1. The van der Waals surface area contributed by atoms with Crippen LogP contribution in [-0.4, -0.2) is 35.4 Å². The number of nitrogens with zero attached hydrogens (tertiary/aromatic N) is 2. The Morgan fingerprint density at radius 1 is 1.13 bits per heavy atom. The standard InChI is InChI=1S/C23H27N3O3S/c1-5-24-23(25-17-8-7-15(3)16(4)13-17)30-20-14-21(27)26(22(20)28)18-9-11-19(12-10-18)29-6-2/h7-13,20H,5-6,14H2,1-4H3,(H,24,25)/t20-/m0/s1. The van der Waals surface area contributed by atoms with E-state index in [-0.39, 0.29) is 18.2 Å². The van der Waals surface area contributed by atoms with Crippen LogP contribution in [0.5, 0.6) is 5.75 Å². The monoisotopic (exact) mass is 425 g/mol. The molecule has 7 heteroatoms. The molecule has 1 fully saturated rings. The number of imide groups is 1. The Hall–Kier alpha value is -2.80. The Bertz CT molecular complexity index is 957. The number of aliphatic imine (C=N–C) groups is 1. The summed E-state index contributed by atoms with van der Waals surface area (Å²) < 4.78 is 5.43. The Morgan fingerprint density at radius 3 is 2.50 bits per heavy atom. The highest BCUT2D eigenvalue weighted by atomic mass is 32.2. The van der Waals surface area contributed by atoms with Gasteiger partial charge in [-0.3, -0.25) is 14.6 Å². The molecular weight excluding hydrogens is 398 g/mol. The van der Waals surface area contributed by atoms with E-state index in [4.69, 9.17) is 4.74 Å². The lowest BCUT2D eigenvalue weighted by molar-refractivity contribution is -0.121. The third-order valence-electron chi connectivity index (χ3n) is 4.82. The van der Waals surface area contributed by atoms with Crippen LogP contribution in [0.1, 0.15) is 31.4 Å². The number of aryl methyl sites for hydroxylation is 2. The van der Waals surface area contributed by atoms with Crippen molar-refractivity contribution in [3.63, 3.8) is 0 Å². The molecule has 158 valence electrons. The fraction of sp³-hybridized carbons (Fsp3) is 0.348. The minimum Gasteiger partial charge on any atom is -0.494 e. The molecule has 30 heavy (non-hydrogen) atoms. The maximum atomic E-state index is 13.0. The largest absolute Gasteiger partial charge is 0.494 e. The van der Waals surface area contributed by atoms with E-state index in [9.17, 15) is 9.59 Å². The SMILES string of the molecule is CCN=C(Nc1ccc(C)c(C)c1)S[C@H]1CC(=O)N(c2ccc(OCC)cc2)C1=O. The molecule has 0 unspecified atom stereocenters. The van der Waals surface area contributed by atoms with Gasteiger partial charge in [-0.15, -0.1) is 0 Å². The number of amidine groups is 1. The van der Waals surface area contributed by atoms with E-state index in [0.717, 1.165) is 5.69 Å². The summed E-state index contributed by atoms with van der Waals surface area (Å²) in [6.45, 7) is 9.11. The number of ether oxygens (including phenoxy) is 1. The van der Waals surface area contributed by atoms with Gasteiger partial charge in [0.1, 0.15) is 11.0 Å². The Kier molecular flexibility index (Phi) is 7.15. The van der Waals surface area contributed by atoms with E-state index >= 15 is 0 Å². The summed E-state index contributed by atoms with van der Waals surface area (Å²) in [6.07, 6.45) is 0.147.